The quantitative estimate of drug-likeness (QED) is 0.841. The summed E-state index contributed by atoms with van der Waals surface area (Å²) in [5, 5.41) is 6.29. The maximum atomic E-state index is 5.55. The molecule has 124 valence electrons. The molecule has 0 amide bonds. The number of nitrogens with one attached hydrogen (secondary N) is 2. The highest BCUT2D eigenvalue weighted by molar-refractivity contribution is 7.80. The Labute approximate surface area is 148 Å². The zero-order valence-electron chi connectivity index (χ0n) is 13.6. The second-order valence-corrected chi connectivity index (χ2v) is 6.94. The summed E-state index contributed by atoms with van der Waals surface area (Å²) >= 11 is 5.55. The second-order valence-electron chi connectivity index (χ2n) is 6.56. The van der Waals surface area contributed by atoms with Crippen molar-refractivity contribution >= 4 is 23.0 Å². The number of anilines is 1. The van der Waals surface area contributed by atoms with Gasteiger partial charge in [-0.1, -0.05) is 48.5 Å². The van der Waals surface area contributed by atoms with Gasteiger partial charge in [0.15, 0.2) is 5.11 Å². The number of hydrogen-bond donors (Lipinski definition) is 2. The number of hydrazine groups is 1. The maximum Gasteiger partial charge on any atom is 0.189 e. The van der Waals surface area contributed by atoms with E-state index in [0.717, 1.165) is 43.3 Å². The first kappa shape index (κ1) is 15.6. The Hall–Kier alpha value is -1.95. The van der Waals surface area contributed by atoms with Crippen LogP contribution in [0.4, 0.5) is 5.69 Å². The highest BCUT2D eigenvalue weighted by Crippen LogP contribution is 2.27. The van der Waals surface area contributed by atoms with Crippen LogP contribution < -0.4 is 15.8 Å². The standard InChI is InChI=1S/C19H22N4S/c24-18-20-19(21-23(18)17-9-5-2-6-10-17)11-13-22(14-12-19)15-16-7-3-1-4-8-16/h1-10,21H,11-15H2,(H,20,24). The molecule has 0 aliphatic carbocycles. The summed E-state index contributed by atoms with van der Waals surface area (Å²) in [7, 11) is 0. The van der Waals surface area contributed by atoms with Gasteiger partial charge in [-0.15, -0.1) is 0 Å². The molecule has 2 aliphatic rings. The fourth-order valence-corrected chi connectivity index (χ4v) is 3.83. The summed E-state index contributed by atoms with van der Waals surface area (Å²) in [5.74, 6) is 0. The third-order valence-corrected chi connectivity index (χ3v) is 5.13. The summed E-state index contributed by atoms with van der Waals surface area (Å²) in [6.45, 7) is 3.13. The number of thiocarbonyl (C=S) groups is 1. The lowest BCUT2D eigenvalue weighted by Gasteiger charge is -2.39. The normalized spacial score (nSPS) is 20.3. The van der Waals surface area contributed by atoms with E-state index in [0.29, 0.717) is 0 Å². The van der Waals surface area contributed by atoms with E-state index in [1.165, 1.54) is 5.56 Å². The van der Waals surface area contributed by atoms with Gasteiger partial charge in [-0.05, 0) is 42.8 Å². The van der Waals surface area contributed by atoms with Crippen molar-refractivity contribution in [2.45, 2.75) is 25.0 Å². The summed E-state index contributed by atoms with van der Waals surface area (Å²) < 4.78 is 0. The molecule has 0 bridgehead atoms. The third kappa shape index (κ3) is 3.15. The molecule has 2 heterocycles. The highest BCUT2D eigenvalue weighted by atomic mass is 32.1. The summed E-state index contributed by atoms with van der Waals surface area (Å²) in [5.41, 5.74) is 5.96. The van der Waals surface area contributed by atoms with Crippen LogP contribution in [0.3, 0.4) is 0 Å². The lowest BCUT2D eigenvalue weighted by atomic mass is 9.97. The Morgan fingerprint density at radius 2 is 1.54 bits per heavy atom. The van der Waals surface area contributed by atoms with Crippen molar-refractivity contribution < 1.29 is 0 Å². The average molecular weight is 338 g/mol. The van der Waals surface area contributed by atoms with Gasteiger partial charge in [0.05, 0.1) is 5.69 Å². The van der Waals surface area contributed by atoms with Crippen LogP contribution in [-0.4, -0.2) is 28.8 Å². The second kappa shape index (κ2) is 6.51. The van der Waals surface area contributed by atoms with Crippen LogP contribution in [0.1, 0.15) is 18.4 Å². The van der Waals surface area contributed by atoms with E-state index in [9.17, 15) is 0 Å². The average Bonchev–Trinajstić information content (AvgIpc) is 2.95. The van der Waals surface area contributed by atoms with Gasteiger partial charge in [-0.3, -0.25) is 9.91 Å². The van der Waals surface area contributed by atoms with E-state index >= 15 is 0 Å². The van der Waals surface area contributed by atoms with Crippen LogP contribution in [0.25, 0.3) is 0 Å². The SMILES string of the molecule is S=C1NC2(CCN(Cc3ccccc3)CC2)NN1c1ccccc1. The van der Waals surface area contributed by atoms with Crippen LogP contribution in [0.15, 0.2) is 60.7 Å². The minimum atomic E-state index is -0.111. The Morgan fingerprint density at radius 3 is 2.21 bits per heavy atom. The molecule has 0 aromatic heterocycles. The van der Waals surface area contributed by atoms with E-state index in [2.05, 4.69) is 58.1 Å². The molecule has 0 unspecified atom stereocenters. The van der Waals surface area contributed by atoms with Crippen molar-refractivity contribution in [3.05, 3.63) is 66.2 Å². The molecule has 2 fully saturated rings. The fraction of sp³-hybridized carbons (Fsp3) is 0.316. The molecule has 4 rings (SSSR count). The molecule has 0 radical (unpaired) electrons. The highest BCUT2D eigenvalue weighted by Gasteiger charge is 2.42. The molecule has 24 heavy (non-hydrogen) atoms. The van der Waals surface area contributed by atoms with E-state index in [1.54, 1.807) is 0 Å². The zero-order chi connectivity index (χ0) is 16.4. The predicted molar refractivity (Wildman–Crippen MR) is 101 cm³/mol. The molecule has 2 aromatic rings. The first-order valence-electron chi connectivity index (χ1n) is 8.46. The van der Waals surface area contributed by atoms with Crippen molar-refractivity contribution in [1.82, 2.24) is 15.6 Å². The van der Waals surface area contributed by atoms with Crippen LogP contribution >= 0.6 is 12.2 Å². The maximum absolute atomic E-state index is 5.55. The lowest BCUT2D eigenvalue weighted by molar-refractivity contribution is 0.131. The van der Waals surface area contributed by atoms with E-state index < -0.39 is 0 Å². The smallest absolute Gasteiger partial charge is 0.189 e. The first-order valence-corrected chi connectivity index (χ1v) is 8.86. The molecule has 2 N–H and O–H groups in total. The van der Waals surface area contributed by atoms with Gasteiger partial charge in [-0.25, -0.2) is 5.43 Å². The number of para-hydroxylation sites is 1. The summed E-state index contributed by atoms with van der Waals surface area (Å²) in [4.78, 5) is 2.51. The van der Waals surface area contributed by atoms with Gasteiger partial charge < -0.3 is 5.32 Å². The topological polar surface area (TPSA) is 30.5 Å². The van der Waals surface area contributed by atoms with E-state index in [-0.39, 0.29) is 5.66 Å². The Balaban J connectivity index is 1.39. The Kier molecular flexibility index (Phi) is 4.22. The molecule has 2 aromatic carbocycles. The first-order chi connectivity index (χ1) is 11.7. The largest absolute Gasteiger partial charge is 0.342 e. The Bertz CT molecular complexity index is 696. The van der Waals surface area contributed by atoms with Crippen molar-refractivity contribution in [1.29, 1.82) is 0 Å². The number of rotatable bonds is 3. The third-order valence-electron chi connectivity index (χ3n) is 4.85. The fourth-order valence-electron chi connectivity index (χ4n) is 3.48. The van der Waals surface area contributed by atoms with Gasteiger partial charge in [-0.2, -0.15) is 0 Å². The predicted octanol–water partition coefficient (Wildman–Crippen LogP) is 2.88. The molecule has 0 saturated carbocycles. The van der Waals surface area contributed by atoms with Gasteiger partial charge in [0, 0.05) is 19.6 Å². The minimum Gasteiger partial charge on any atom is -0.342 e. The Morgan fingerprint density at radius 1 is 0.917 bits per heavy atom. The number of hydrogen-bond acceptors (Lipinski definition) is 3. The van der Waals surface area contributed by atoms with Crippen molar-refractivity contribution in [2.24, 2.45) is 0 Å². The number of benzene rings is 2. The van der Waals surface area contributed by atoms with Gasteiger partial charge in [0.2, 0.25) is 0 Å². The zero-order valence-corrected chi connectivity index (χ0v) is 14.4. The van der Waals surface area contributed by atoms with Gasteiger partial charge in [0.1, 0.15) is 5.66 Å². The molecule has 2 aliphatic heterocycles. The molecule has 0 atom stereocenters. The molecular formula is C19H22N4S. The summed E-state index contributed by atoms with van der Waals surface area (Å²) in [6, 6.07) is 20.9. The van der Waals surface area contributed by atoms with E-state index in [1.807, 2.05) is 23.2 Å². The summed E-state index contributed by atoms with van der Waals surface area (Å²) in [6.07, 6.45) is 2.06. The van der Waals surface area contributed by atoms with Crippen LogP contribution in [-0.2, 0) is 6.54 Å². The van der Waals surface area contributed by atoms with Crippen molar-refractivity contribution in [3.8, 4) is 0 Å². The lowest BCUT2D eigenvalue weighted by Crippen LogP contribution is -2.57. The molecule has 2 saturated heterocycles. The van der Waals surface area contributed by atoms with Crippen LogP contribution in [0.5, 0.6) is 0 Å². The van der Waals surface area contributed by atoms with Crippen molar-refractivity contribution in [2.75, 3.05) is 18.1 Å². The molecule has 5 heteroatoms. The number of nitrogens with zero attached hydrogens (tertiary/aromatic N) is 2. The van der Waals surface area contributed by atoms with E-state index in [4.69, 9.17) is 12.2 Å². The minimum absolute atomic E-state index is 0.111. The molecular weight excluding hydrogens is 316 g/mol. The monoisotopic (exact) mass is 338 g/mol. The van der Waals surface area contributed by atoms with Gasteiger partial charge >= 0.3 is 0 Å². The molecule has 1 spiro atoms. The van der Waals surface area contributed by atoms with Crippen LogP contribution in [0, 0.1) is 0 Å². The molecule has 4 nitrogen and oxygen atoms in total. The van der Waals surface area contributed by atoms with Crippen LogP contribution in [0.2, 0.25) is 0 Å². The van der Waals surface area contributed by atoms with Gasteiger partial charge in [0.25, 0.3) is 0 Å². The van der Waals surface area contributed by atoms with Crippen molar-refractivity contribution in [3.63, 3.8) is 0 Å². The number of piperidine rings is 1. The number of likely N-dealkylation sites (tertiary alicyclic amines) is 1.